The van der Waals surface area contributed by atoms with Crippen LogP contribution in [0.1, 0.15) is 5.56 Å². The number of anilines is 1. The van der Waals surface area contributed by atoms with Crippen LogP contribution in [0, 0.1) is 11.3 Å². The molecule has 0 amide bonds. The predicted octanol–water partition coefficient (Wildman–Crippen LogP) is 2.88. The minimum Gasteiger partial charge on any atom is -0.332 e. The SMILES string of the molecule is N#Cc1ccc(-c2ccc(NS)cc2)nc1. The smallest absolute Gasteiger partial charge is 0.101 e. The lowest BCUT2D eigenvalue weighted by atomic mass is 10.1. The third-order valence-corrected chi connectivity index (χ3v) is 2.46. The predicted molar refractivity (Wildman–Crippen MR) is 67.0 cm³/mol. The van der Waals surface area contributed by atoms with Crippen molar-refractivity contribution in [1.82, 2.24) is 4.98 Å². The molecule has 0 fully saturated rings. The summed E-state index contributed by atoms with van der Waals surface area (Å²) in [5.74, 6) is 0. The molecule has 0 aliphatic carbocycles. The maximum absolute atomic E-state index is 8.66. The maximum Gasteiger partial charge on any atom is 0.101 e. The van der Waals surface area contributed by atoms with E-state index in [1.54, 1.807) is 12.3 Å². The molecular weight excluding hydrogens is 218 g/mol. The molecule has 0 aliphatic heterocycles. The minimum absolute atomic E-state index is 0.567. The molecule has 0 unspecified atom stereocenters. The highest BCUT2D eigenvalue weighted by atomic mass is 32.1. The monoisotopic (exact) mass is 227 g/mol. The van der Waals surface area contributed by atoms with Gasteiger partial charge in [0.25, 0.3) is 0 Å². The van der Waals surface area contributed by atoms with Crippen molar-refractivity contribution < 1.29 is 0 Å². The van der Waals surface area contributed by atoms with Crippen molar-refractivity contribution in [3.63, 3.8) is 0 Å². The fourth-order valence-electron chi connectivity index (χ4n) is 1.35. The van der Waals surface area contributed by atoms with Gasteiger partial charge in [0.15, 0.2) is 0 Å². The van der Waals surface area contributed by atoms with E-state index in [1.165, 1.54) is 0 Å². The summed E-state index contributed by atoms with van der Waals surface area (Å²) in [4.78, 5) is 4.21. The third-order valence-electron chi connectivity index (χ3n) is 2.20. The summed E-state index contributed by atoms with van der Waals surface area (Å²) >= 11 is 3.96. The summed E-state index contributed by atoms with van der Waals surface area (Å²) in [5, 5.41) is 8.66. The van der Waals surface area contributed by atoms with Crippen LogP contribution in [0.3, 0.4) is 0 Å². The molecule has 0 atom stereocenters. The Morgan fingerprint density at radius 3 is 2.38 bits per heavy atom. The molecule has 16 heavy (non-hydrogen) atoms. The van der Waals surface area contributed by atoms with Gasteiger partial charge in [0.1, 0.15) is 6.07 Å². The van der Waals surface area contributed by atoms with E-state index in [4.69, 9.17) is 5.26 Å². The van der Waals surface area contributed by atoms with E-state index in [-0.39, 0.29) is 0 Å². The van der Waals surface area contributed by atoms with Crippen molar-refractivity contribution in [3.8, 4) is 17.3 Å². The number of thiol groups is 1. The van der Waals surface area contributed by atoms with Gasteiger partial charge in [-0.15, -0.1) is 0 Å². The number of nitriles is 1. The van der Waals surface area contributed by atoms with E-state index in [9.17, 15) is 0 Å². The number of nitrogens with zero attached hydrogens (tertiary/aromatic N) is 2. The molecule has 0 saturated carbocycles. The summed E-state index contributed by atoms with van der Waals surface area (Å²) in [7, 11) is 0. The molecule has 78 valence electrons. The zero-order chi connectivity index (χ0) is 11.4. The molecule has 1 aromatic heterocycles. The van der Waals surface area contributed by atoms with E-state index < -0.39 is 0 Å². The third kappa shape index (κ3) is 2.15. The maximum atomic E-state index is 8.66. The molecule has 2 rings (SSSR count). The summed E-state index contributed by atoms with van der Waals surface area (Å²) < 4.78 is 2.75. The Morgan fingerprint density at radius 2 is 1.88 bits per heavy atom. The van der Waals surface area contributed by atoms with Gasteiger partial charge < -0.3 is 4.72 Å². The van der Waals surface area contributed by atoms with Crippen molar-refractivity contribution in [1.29, 1.82) is 5.26 Å². The van der Waals surface area contributed by atoms with Crippen molar-refractivity contribution in [2.75, 3.05) is 4.72 Å². The number of pyridine rings is 1. The van der Waals surface area contributed by atoms with E-state index in [0.717, 1.165) is 16.9 Å². The van der Waals surface area contributed by atoms with Gasteiger partial charge in [0.05, 0.1) is 11.3 Å². The molecule has 1 heterocycles. The van der Waals surface area contributed by atoms with Crippen LogP contribution >= 0.6 is 12.8 Å². The molecule has 0 bridgehead atoms. The van der Waals surface area contributed by atoms with Crippen LogP contribution in [0.2, 0.25) is 0 Å². The van der Waals surface area contributed by atoms with Crippen LogP contribution in [0.4, 0.5) is 5.69 Å². The molecule has 3 nitrogen and oxygen atoms in total. The Morgan fingerprint density at radius 1 is 1.12 bits per heavy atom. The Bertz CT molecular complexity index is 511. The molecule has 0 aliphatic rings. The van der Waals surface area contributed by atoms with Gasteiger partial charge in [-0.05, 0) is 24.3 Å². The lowest BCUT2D eigenvalue weighted by Gasteiger charge is -2.02. The molecule has 1 N–H and O–H groups in total. The van der Waals surface area contributed by atoms with Gasteiger partial charge in [0, 0.05) is 17.4 Å². The van der Waals surface area contributed by atoms with Crippen molar-refractivity contribution >= 4 is 18.5 Å². The Hall–Kier alpha value is -1.99. The van der Waals surface area contributed by atoms with Crippen LogP contribution in [-0.2, 0) is 0 Å². The van der Waals surface area contributed by atoms with Crippen LogP contribution in [-0.4, -0.2) is 4.98 Å². The normalized spacial score (nSPS) is 9.50. The summed E-state index contributed by atoms with van der Waals surface area (Å²) in [6.45, 7) is 0. The second-order valence-electron chi connectivity index (χ2n) is 3.23. The number of hydrogen-bond acceptors (Lipinski definition) is 4. The highest BCUT2D eigenvalue weighted by molar-refractivity contribution is 7.81. The quantitative estimate of drug-likeness (QED) is 0.775. The van der Waals surface area contributed by atoms with Gasteiger partial charge in [-0.3, -0.25) is 4.98 Å². The van der Waals surface area contributed by atoms with E-state index in [1.807, 2.05) is 36.4 Å². The first-order chi connectivity index (χ1) is 7.83. The average Bonchev–Trinajstić information content (AvgIpc) is 2.39. The van der Waals surface area contributed by atoms with E-state index >= 15 is 0 Å². The van der Waals surface area contributed by atoms with Gasteiger partial charge >= 0.3 is 0 Å². The van der Waals surface area contributed by atoms with Gasteiger partial charge in [-0.2, -0.15) is 5.26 Å². The fourth-order valence-corrected chi connectivity index (χ4v) is 1.50. The molecule has 0 radical (unpaired) electrons. The van der Waals surface area contributed by atoms with Crippen molar-refractivity contribution in [3.05, 3.63) is 48.2 Å². The van der Waals surface area contributed by atoms with Gasteiger partial charge in [0.2, 0.25) is 0 Å². The number of hydrogen-bond donors (Lipinski definition) is 2. The Balaban J connectivity index is 2.32. The largest absolute Gasteiger partial charge is 0.332 e. The molecule has 0 spiro atoms. The standard InChI is InChI=1S/C12H9N3S/c13-7-9-1-6-12(14-8-9)10-2-4-11(15-16)5-3-10/h1-6,8,15-16H. The highest BCUT2D eigenvalue weighted by Gasteiger charge is 1.99. The zero-order valence-corrected chi connectivity index (χ0v) is 9.28. The number of rotatable bonds is 2. The van der Waals surface area contributed by atoms with Crippen molar-refractivity contribution in [2.45, 2.75) is 0 Å². The summed E-state index contributed by atoms with van der Waals surface area (Å²) in [5.41, 5.74) is 3.36. The van der Waals surface area contributed by atoms with Crippen LogP contribution in [0.5, 0.6) is 0 Å². The second kappa shape index (κ2) is 4.69. The first kappa shape index (κ1) is 10.5. The second-order valence-corrected chi connectivity index (χ2v) is 3.46. The number of aromatic nitrogens is 1. The Labute approximate surface area is 99.3 Å². The van der Waals surface area contributed by atoms with Crippen LogP contribution < -0.4 is 4.72 Å². The van der Waals surface area contributed by atoms with Crippen LogP contribution in [0.25, 0.3) is 11.3 Å². The lowest BCUT2D eigenvalue weighted by molar-refractivity contribution is 1.30. The molecule has 4 heteroatoms. The Kier molecular flexibility index (Phi) is 3.08. The van der Waals surface area contributed by atoms with Gasteiger partial charge in [-0.25, -0.2) is 0 Å². The average molecular weight is 227 g/mol. The summed E-state index contributed by atoms with van der Waals surface area (Å²) in [6, 6.07) is 13.4. The first-order valence-electron chi connectivity index (χ1n) is 4.70. The van der Waals surface area contributed by atoms with E-state index in [0.29, 0.717) is 5.56 Å². The van der Waals surface area contributed by atoms with Gasteiger partial charge in [-0.1, -0.05) is 24.9 Å². The fraction of sp³-hybridized carbons (Fsp3) is 0. The molecule has 1 aromatic carbocycles. The van der Waals surface area contributed by atoms with Crippen molar-refractivity contribution in [2.24, 2.45) is 0 Å². The topological polar surface area (TPSA) is 48.7 Å². The molecular formula is C12H9N3S. The molecule has 0 saturated heterocycles. The van der Waals surface area contributed by atoms with E-state index in [2.05, 4.69) is 22.5 Å². The first-order valence-corrected chi connectivity index (χ1v) is 5.15. The number of nitrogens with one attached hydrogen (secondary N) is 1. The van der Waals surface area contributed by atoms with Crippen LogP contribution in [0.15, 0.2) is 42.6 Å². The zero-order valence-electron chi connectivity index (χ0n) is 8.38. The summed E-state index contributed by atoms with van der Waals surface area (Å²) in [6.07, 6.45) is 1.57. The lowest BCUT2D eigenvalue weighted by Crippen LogP contribution is -1.85. The highest BCUT2D eigenvalue weighted by Crippen LogP contribution is 2.19. The molecule has 2 aromatic rings. The number of benzene rings is 1. The minimum atomic E-state index is 0.567.